The van der Waals surface area contributed by atoms with Crippen LogP contribution < -0.4 is 5.73 Å². The zero-order chi connectivity index (χ0) is 14.9. The molecule has 112 valence electrons. The Labute approximate surface area is 123 Å². The summed E-state index contributed by atoms with van der Waals surface area (Å²) in [6.45, 7) is 2.57. The molecule has 0 bridgehead atoms. The third kappa shape index (κ3) is 2.98. The molecule has 20 heavy (non-hydrogen) atoms. The Balaban J connectivity index is 2.33. The van der Waals surface area contributed by atoms with Gasteiger partial charge in [-0.15, -0.1) is 0 Å². The molecule has 0 radical (unpaired) electrons. The summed E-state index contributed by atoms with van der Waals surface area (Å²) in [6, 6.07) is 3.92. The van der Waals surface area contributed by atoms with Gasteiger partial charge in [-0.05, 0) is 37.8 Å². The van der Waals surface area contributed by atoms with Crippen molar-refractivity contribution < 1.29 is 12.8 Å². The van der Waals surface area contributed by atoms with E-state index in [1.807, 2.05) is 6.92 Å². The molecule has 2 rings (SSSR count). The number of piperidine rings is 1. The van der Waals surface area contributed by atoms with Gasteiger partial charge in [-0.25, -0.2) is 12.8 Å². The molecule has 1 aromatic rings. The maximum absolute atomic E-state index is 13.9. The molecule has 2 atom stereocenters. The van der Waals surface area contributed by atoms with Crippen LogP contribution in [0.4, 0.5) is 4.39 Å². The van der Waals surface area contributed by atoms with E-state index in [0.29, 0.717) is 13.1 Å². The van der Waals surface area contributed by atoms with Gasteiger partial charge in [-0.2, -0.15) is 4.31 Å². The Morgan fingerprint density at radius 2 is 2.20 bits per heavy atom. The largest absolute Gasteiger partial charge is 0.328 e. The first-order valence-corrected chi connectivity index (χ1v) is 8.35. The van der Waals surface area contributed by atoms with E-state index in [0.717, 1.165) is 12.8 Å². The van der Waals surface area contributed by atoms with Crippen LogP contribution in [0.5, 0.6) is 0 Å². The zero-order valence-electron chi connectivity index (χ0n) is 11.2. The molecule has 0 saturated carbocycles. The summed E-state index contributed by atoms with van der Waals surface area (Å²) < 4.78 is 40.3. The smallest absolute Gasteiger partial charge is 0.246 e. The quantitative estimate of drug-likeness (QED) is 0.929. The van der Waals surface area contributed by atoms with Gasteiger partial charge in [0.25, 0.3) is 0 Å². The summed E-state index contributed by atoms with van der Waals surface area (Å²) >= 11 is 5.66. The Bertz CT molecular complexity index is 592. The summed E-state index contributed by atoms with van der Waals surface area (Å²) in [5.74, 6) is -0.794. The lowest BCUT2D eigenvalue weighted by molar-refractivity contribution is 0.242. The molecular weight excluding hydrogens is 303 g/mol. The minimum absolute atomic E-state index is 0.0859. The van der Waals surface area contributed by atoms with E-state index in [2.05, 4.69) is 0 Å². The molecule has 1 heterocycles. The number of rotatable bonds is 3. The van der Waals surface area contributed by atoms with Gasteiger partial charge >= 0.3 is 0 Å². The van der Waals surface area contributed by atoms with Gasteiger partial charge in [-0.1, -0.05) is 17.7 Å². The molecule has 0 aromatic heterocycles. The van der Waals surface area contributed by atoms with Crippen LogP contribution in [0.25, 0.3) is 0 Å². The van der Waals surface area contributed by atoms with E-state index in [1.54, 1.807) is 0 Å². The molecule has 1 saturated heterocycles. The molecule has 4 nitrogen and oxygen atoms in total. The van der Waals surface area contributed by atoms with Crippen LogP contribution in [0.1, 0.15) is 19.8 Å². The number of sulfonamides is 1. The summed E-state index contributed by atoms with van der Waals surface area (Å²) in [5.41, 5.74) is 5.85. The SMILES string of the molecule is C[C@@H](N)[C@H]1CCCN(S(=O)(=O)c2cccc(Cl)c2F)C1. The highest BCUT2D eigenvalue weighted by Crippen LogP contribution is 2.28. The summed E-state index contributed by atoms with van der Waals surface area (Å²) in [6.07, 6.45) is 1.62. The van der Waals surface area contributed by atoms with Crippen LogP contribution in [0.15, 0.2) is 23.1 Å². The van der Waals surface area contributed by atoms with Crippen LogP contribution >= 0.6 is 11.6 Å². The van der Waals surface area contributed by atoms with Crippen molar-refractivity contribution in [3.05, 3.63) is 29.0 Å². The normalized spacial score (nSPS) is 22.7. The average Bonchev–Trinajstić information content (AvgIpc) is 2.41. The lowest BCUT2D eigenvalue weighted by Gasteiger charge is -2.33. The first kappa shape index (κ1) is 15.7. The molecular formula is C13H18ClFN2O2S. The molecule has 0 spiro atoms. The number of benzene rings is 1. The van der Waals surface area contributed by atoms with Crippen LogP contribution in [-0.2, 0) is 10.0 Å². The number of nitrogens with two attached hydrogens (primary N) is 1. The molecule has 1 fully saturated rings. The van der Waals surface area contributed by atoms with Gasteiger partial charge in [0.05, 0.1) is 5.02 Å². The van der Waals surface area contributed by atoms with E-state index in [-0.39, 0.29) is 21.9 Å². The van der Waals surface area contributed by atoms with Gasteiger partial charge in [0, 0.05) is 19.1 Å². The number of hydrogen-bond acceptors (Lipinski definition) is 3. The number of halogens is 2. The fourth-order valence-corrected chi connectivity index (χ4v) is 4.30. The molecule has 0 aliphatic carbocycles. The van der Waals surface area contributed by atoms with Crippen molar-refractivity contribution in [3.8, 4) is 0 Å². The van der Waals surface area contributed by atoms with Gasteiger partial charge in [0.1, 0.15) is 4.90 Å². The second-order valence-corrected chi connectivity index (χ2v) is 7.49. The van der Waals surface area contributed by atoms with Gasteiger partial charge < -0.3 is 5.73 Å². The maximum Gasteiger partial charge on any atom is 0.246 e. The molecule has 2 N–H and O–H groups in total. The Morgan fingerprint density at radius 1 is 1.50 bits per heavy atom. The first-order chi connectivity index (χ1) is 9.34. The Kier molecular flexibility index (Phi) is 4.69. The van der Waals surface area contributed by atoms with Crippen molar-refractivity contribution in [3.63, 3.8) is 0 Å². The first-order valence-electron chi connectivity index (χ1n) is 6.53. The maximum atomic E-state index is 13.9. The fraction of sp³-hybridized carbons (Fsp3) is 0.538. The van der Waals surface area contributed by atoms with Crippen LogP contribution in [0.3, 0.4) is 0 Å². The number of nitrogens with zero attached hydrogens (tertiary/aromatic N) is 1. The molecule has 1 aromatic carbocycles. The lowest BCUT2D eigenvalue weighted by atomic mass is 9.93. The van der Waals surface area contributed by atoms with Gasteiger partial charge in [0.2, 0.25) is 10.0 Å². The van der Waals surface area contributed by atoms with E-state index < -0.39 is 15.8 Å². The van der Waals surface area contributed by atoms with Crippen LogP contribution in [0.2, 0.25) is 5.02 Å². The molecule has 7 heteroatoms. The second kappa shape index (κ2) is 5.97. The van der Waals surface area contributed by atoms with Crippen molar-refractivity contribution in [2.45, 2.75) is 30.7 Å². The Morgan fingerprint density at radius 3 is 2.85 bits per heavy atom. The molecule has 1 aliphatic rings. The minimum atomic E-state index is -3.86. The minimum Gasteiger partial charge on any atom is -0.328 e. The van der Waals surface area contributed by atoms with Crippen LogP contribution in [-0.4, -0.2) is 31.9 Å². The summed E-state index contributed by atoms with van der Waals surface area (Å²) in [4.78, 5) is -0.365. The van der Waals surface area contributed by atoms with Gasteiger partial charge in [0.15, 0.2) is 5.82 Å². The molecule has 0 amide bonds. The predicted molar refractivity (Wildman–Crippen MR) is 76.5 cm³/mol. The second-order valence-electron chi connectivity index (χ2n) is 5.18. The monoisotopic (exact) mass is 320 g/mol. The van der Waals surface area contributed by atoms with E-state index in [4.69, 9.17) is 17.3 Å². The molecule has 1 aliphatic heterocycles. The fourth-order valence-electron chi connectivity index (χ4n) is 2.44. The summed E-state index contributed by atoms with van der Waals surface area (Å²) in [7, 11) is -3.86. The van der Waals surface area contributed by atoms with Crippen molar-refractivity contribution in [2.75, 3.05) is 13.1 Å². The topological polar surface area (TPSA) is 63.4 Å². The lowest BCUT2D eigenvalue weighted by Crippen LogP contribution is -2.45. The average molecular weight is 321 g/mol. The predicted octanol–water partition coefficient (Wildman–Crippen LogP) is 2.23. The van der Waals surface area contributed by atoms with Gasteiger partial charge in [-0.3, -0.25) is 0 Å². The van der Waals surface area contributed by atoms with Crippen molar-refractivity contribution in [1.82, 2.24) is 4.31 Å². The highest BCUT2D eigenvalue weighted by molar-refractivity contribution is 7.89. The van der Waals surface area contributed by atoms with E-state index >= 15 is 0 Å². The van der Waals surface area contributed by atoms with Crippen LogP contribution in [0, 0.1) is 11.7 Å². The number of hydrogen-bond donors (Lipinski definition) is 1. The highest BCUT2D eigenvalue weighted by atomic mass is 35.5. The van der Waals surface area contributed by atoms with Crippen molar-refractivity contribution >= 4 is 21.6 Å². The highest BCUT2D eigenvalue weighted by Gasteiger charge is 2.33. The standard InChI is InChI=1S/C13H18ClFN2O2S/c1-9(16)10-4-3-7-17(8-10)20(18,19)12-6-2-5-11(14)13(12)15/h2,5-6,9-10H,3-4,7-8,16H2,1H3/t9-,10+/m1/s1. The Hall–Kier alpha value is -0.690. The molecule has 0 unspecified atom stereocenters. The zero-order valence-corrected chi connectivity index (χ0v) is 12.8. The third-order valence-electron chi connectivity index (χ3n) is 3.70. The third-order valence-corrected chi connectivity index (χ3v) is 5.87. The van der Waals surface area contributed by atoms with Crippen molar-refractivity contribution in [1.29, 1.82) is 0 Å². The summed E-state index contributed by atoms with van der Waals surface area (Å²) in [5, 5.41) is -0.188. The van der Waals surface area contributed by atoms with Crippen molar-refractivity contribution in [2.24, 2.45) is 11.7 Å². The van der Waals surface area contributed by atoms with E-state index in [1.165, 1.54) is 22.5 Å². The van der Waals surface area contributed by atoms with E-state index in [9.17, 15) is 12.8 Å².